The van der Waals surface area contributed by atoms with Crippen LogP contribution >= 0.6 is 11.8 Å². The number of thioether (sulfide) groups is 1. The van der Waals surface area contributed by atoms with Gasteiger partial charge < -0.3 is 11.1 Å². The van der Waals surface area contributed by atoms with E-state index in [1.807, 2.05) is 30.5 Å². The zero-order valence-corrected chi connectivity index (χ0v) is 11.2. The maximum absolute atomic E-state index is 11.6. The number of carbonyl (C=O) groups is 1. The number of aryl methyl sites for hydroxylation is 1. The minimum absolute atomic E-state index is 0.105. The molecule has 0 aliphatic heterocycles. The summed E-state index contributed by atoms with van der Waals surface area (Å²) in [7, 11) is 0. The number of nitrogen functional groups attached to an aromatic ring is 1. The quantitative estimate of drug-likeness (QED) is 0.762. The van der Waals surface area contributed by atoms with Crippen molar-refractivity contribution in [1.82, 2.24) is 5.32 Å². The lowest BCUT2D eigenvalue weighted by Gasteiger charge is -2.09. The van der Waals surface area contributed by atoms with Crippen molar-refractivity contribution in [2.24, 2.45) is 0 Å². The highest BCUT2D eigenvalue weighted by molar-refractivity contribution is 7.99. The smallest absolute Gasteiger partial charge is 0.220 e. The molecule has 1 aromatic carbocycles. The number of anilines is 1. The second-order valence-corrected chi connectivity index (χ2v) is 5.37. The summed E-state index contributed by atoms with van der Waals surface area (Å²) < 4.78 is 0. The molecule has 3 N–H and O–H groups in total. The van der Waals surface area contributed by atoms with Crippen LogP contribution in [0.5, 0.6) is 0 Å². The van der Waals surface area contributed by atoms with Crippen molar-refractivity contribution >= 4 is 23.4 Å². The molecule has 94 valence electrons. The van der Waals surface area contributed by atoms with Gasteiger partial charge in [-0.1, -0.05) is 19.1 Å². The molecular weight excluding hydrogens is 232 g/mol. The van der Waals surface area contributed by atoms with Gasteiger partial charge in [-0.3, -0.25) is 4.79 Å². The second kappa shape index (κ2) is 7.22. The van der Waals surface area contributed by atoms with Gasteiger partial charge in [-0.15, -0.1) is 0 Å². The Morgan fingerprint density at radius 3 is 2.94 bits per heavy atom. The van der Waals surface area contributed by atoms with E-state index in [-0.39, 0.29) is 5.91 Å². The SMILES string of the molecule is CSC(C)CNC(=O)CCc1cccc(N)c1. The Balaban J connectivity index is 2.28. The number of carbonyl (C=O) groups excluding carboxylic acids is 1. The van der Waals surface area contributed by atoms with E-state index in [9.17, 15) is 4.79 Å². The number of nitrogens with two attached hydrogens (primary N) is 1. The van der Waals surface area contributed by atoms with Crippen LogP contribution < -0.4 is 11.1 Å². The first-order valence-corrected chi connectivity index (χ1v) is 7.04. The Morgan fingerprint density at radius 2 is 2.29 bits per heavy atom. The zero-order chi connectivity index (χ0) is 12.7. The largest absolute Gasteiger partial charge is 0.399 e. The Kier molecular flexibility index (Phi) is 5.91. The number of rotatable bonds is 6. The third-order valence-corrected chi connectivity index (χ3v) is 3.55. The fourth-order valence-corrected chi connectivity index (χ4v) is 1.69. The topological polar surface area (TPSA) is 55.1 Å². The van der Waals surface area contributed by atoms with Crippen LogP contribution in [0.3, 0.4) is 0 Å². The molecule has 0 aliphatic rings. The number of benzene rings is 1. The summed E-state index contributed by atoms with van der Waals surface area (Å²) in [5.41, 5.74) is 7.54. The average molecular weight is 252 g/mol. The second-order valence-electron chi connectivity index (χ2n) is 4.10. The minimum atomic E-state index is 0.105. The monoisotopic (exact) mass is 252 g/mol. The summed E-state index contributed by atoms with van der Waals surface area (Å²) in [4.78, 5) is 11.6. The molecule has 0 radical (unpaired) electrons. The lowest BCUT2D eigenvalue weighted by molar-refractivity contribution is -0.121. The van der Waals surface area contributed by atoms with E-state index in [1.165, 1.54) is 0 Å². The molecule has 1 rings (SSSR count). The van der Waals surface area contributed by atoms with Gasteiger partial charge in [-0.25, -0.2) is 0 Å². The molecule has 1 amide bonds. The molecule has 0 bridgehead atoms. The van der Waals surface area contributed by atoms with Crippen LogP contribution in [0.4, 0.5) is 5.69 Å². The van der Waals surface area contributed by atoms with E-state index >= 15 is 0 Å². The lowest BCUT2D eigenvalue weighted by atomic mass is 10.1. The molecule has 17 heavy (non-hydrogen) atoms. The molecular formula is C13H20N2OS. The Labute approximate surface area is 107 Å². The molecule has 0 aliphatic carbocycles. The van der Waals surface area contributed by atoms with Gasteiger partial charge in [0.1, 0.15) is 0 Å². The van der Waals surface area contributed by atoms with Crippen LogP contribution in [-0.4, -0.2) is 24.0 Å². The van der Waals surface area contributed by atoms with Gasteiger partial charge in [0.2, 0.25) is 5.91 Å². The van der Waals surface area contributed by atoms with Gasteiger partial charge in [-0.2, -0.15) is 11.8 Å². The highest BCUT2D eigenvalue weighted by Gasteiger charge is 2.04. The highest BCUT2D eigenvalue weighted by atomic mass is 32.2. The highest BCUT2D eigenvalue weighted by Crippen LogP contribution is 2.08. The van der Waals surface area contributed by atoms with Crippen LogP contribution in [0.2, 0.25) is 0 Å². The number of hydrogen-bond donors (Lipinski definition) is 2. The first-order chi connectivity index (χ1) is 8.11. The third kappa shape index (κ3) is 5.63. The molecule has 0 aromatic heterocycles. The summed E-state index contributed by atoms with van der Waals surface area (Å²) in [5.74, 6) is 0.105. The molecule has 0 heterocycles. The summed E-state index contributed by atoms with van der Waals surface area (Å²) >= 11 is 1.75. The maximum atomic E-state index is 11.6. The van der Waals surface area contributed by atoms with Crippen molar-refractivity contribution in [1.29, 1.82) is 0 Å². The summed E-state index contributed by atoms with van der Waals surface area (Å²) in [6, 6.07) is 7.67. The standard InChI is InChI=1S/C13H20N2OS/c1-10(17-2)9-15-13(16)7-6-11-4-3-5-12(14)8-11/h3-5,8,10H,6-7,9,14H2,1-2H3,(H,15,16). The van der Waals surface area contributed by atoms with E-state index in [1.54, 1.807) is 11.8 Å². The zero-order valence-electron chi connectivity index (χ0n) is 10.4. The van der Waals surface area contributed by atoms with E-state index in [0.717, 1.165) is 24.2 Å². The van der Waals surface area contributed by atoms with Crippen LogP contribution in [0.25, 0.3) is 0 Å². The summed E-state index contributed by atoms with van der Waals surface area (Å²) in [6.45, 7) is 2.83. The van der Waals surface area contributed by atoms with Crippen molar-refractivity contribution in [3.8, 4) is 0 Å². The molecule has 4 heteroatoms. The maximum Gasteiger partial charge on any atom is 0.220 e. The van der Waals surface area contributed by atoms with Gasteiger partial charge in [0.15, 0.2) is 0 Å². The normalized spacial score (nSPS) is 12.1. The molecule has 0 saturated carbocycles. The van der Waals surface area contributed by atoms with E-state index in [4.69, 9.17) is 5.73 Å². The first kappa shape index (κ1) is 13.9. The van der Waals surface area contributed by atoms with E-state index < -0.39 is 0 Å². The number of hydrogen-bond acceptors (Lipinski definition) is 3. The van der Waals surface area contributed by atoms with Gasteiger partial charge in [0, 0.05) is 23.9 Å². The van der Waals surface area contributed by atoms with Crippen molar-refractivity contribution in [2.45, 2.75) is 25.0 Å². The van der Waals surface area contributed by atoms with Gasteiger partial charge in [0.25, 0.3) is 0 Å². The predicted octanol–water partition coefficient (Wildman–Crippen LogP) is 2.07. The lowest BCUT2D eigenvalue weighted by Crippen LogP contribution is -2.29. The third-order valence-electron chi connectivity index (χ3n) is 2.58. The summed E-state index contributed by atoms with van der Waals surface area (Å²) in [5, 5.41) is 3.39. The van der Waals surface area contributed by atoms with Crippen LogP contribution in [0.1, 0.15) is 18.9 Å². The van der Waals surface area contributed by atoms with Gasteiger partial charge >= 0.3 is 0 Å². The van der Waals surface area contributed by atoms with Crippen molar-refractivity contribution in [3.05, 3.63) is 29.8 Å². The molecule has 1 aromatic rings. The number of nitrogens with one attached hydrogen (secondary N) is 1. The molecule has 1 atom stereocenters. The van der Waals surface area contributed by atoms with Crippen molar-refractivity contribution in [3.63, 3.8) is 0 Å². The van der Waals surface area contributed by atoms with Gasteiger partial charge in [0.05, 0.1) is 0 Å². The average Bonchev–Trinajstić information content (AvgIpc) is 2.33. The fourth-order valence-electron chi connectivity index (χ4n) is 1.44. The molecule has 0 fully saturated rings. The molecule has 1 unspecified atom stereocenters. The first-order valence-electron chi connectivity index (χ1n) is 5.75. The van der Waals surface area contributed by atoms with E-state index in [2.05, 4.69) is 12.2 Å². The fraction of sp³-hybridized carbons (Fsp3) is 0.462. The number of amides is 1. The molecule has 3 nitrogen and oxygen atoms in total. The Bertz CT molecular complexity index is 368. The molecule has 0 spiro atoms. The van der Waals surface area contributed by atoms with Gasteiger partial charge in [-0.05, 0) is 30.4 Å². The van der Waals surface area contributed by atoms with Crippen LogP contribution in [0, 0.1) is 0 Å². The molecule has 0 saturated heterocycles. The van der Waals surface area contributed by atoms with Crippen LogP contribution in [-0.2, 0) is 11.2 Å². The van der Waals surface area contributed by atoms with Crippen LogP contribution in [0.15, 0.2) is 24.3 Å². The Hall–Kier alpha value is -1.16. The van der Waals surface area contributed by atoms with Crippen molar-refractivity contribution < 1.29 is 4.79 Å². The minimum Gasteiger partial charge on any atom is -0.399 e. The van der Waals surface area contributed by atoms with E-state index in [0.29, 0.717) is 11.7 Å². The Morgan fingerprint density at radius 1 is 1.53 bits per heavy atom. The predicted molar refractivity (Wildman–Crippen MR) is 75.2 cm³/mol. The van der Waals surface area contributed by atoms with Crippen molar-refractivity contribution in [2.75, 3.05) is 18.5 Å². The summed E-state index contributed by atoms with van der Waals surface area (Å²) in [6.07, 6.45) is 3.30.